The standard InChI is InChI=1S/C16H26N2O3/c1-2-7-16(13-19)8-4-10-18(12-16)15(21)6-11-17-9-3-5-14(17)20/h2,19H,1,3-13H2/t16-/m0/s1. The molecule has 0 aromatic rings. The van der Waals surface area contributed by atoms with Crippen molar-refractivity contribution in [3.05, 3.63) is 12.7 Å². The van der Waals surface area contributed by atoms with Crippen LogP contribution in [-0.2, 0) is 9.59 Å². The first-order chi connectivity index (χ1) is 10.1. The van der Waals surface area contributed by atoms with E-state index in [2.05, 4.69) is 6.58 Å². The lowest BCUT2D eigenvalue weighted by molar-refractivity contribution is -0.136. The van der Waals surface area contributed by atoms with E-state index in [9.17, 15) is 14.7 Å². The van der Waals surface area contributed by atoms with Gasteiger partial charge in [-0.3, -0.25) is 9.59 Å². The van der Waals surface area contributed by atoms with Crippen molar-refractivity contribution in [1.82, 2.24) is 9.80 Å². The highest BCUT2D eigenvalue weighted by molar-refractivity contribution is 5.80. The Hall–Kier alpha value is -1.36. The Morgan fingerprint density at radius 3 is 2.81 bits per heavy atom. The van der Waals surface area contributed by atoms with Crippen molar-refractivity contribution in [3.63, 3.8) is 0 Å². The van der Waals surface area contributed by atoms with Gasteiger partial charge in [0, 0.05) is 44.4 Å². The normalized spacial score (nSPS) is 26.2. The fourth-order valence-electron chi connectivity index (χ4n) is 3.42. The summed E-state index contributed by atoms with van der Waals surface area (Å²) in [5.74, 6) is 0.258. The number of rotatable bonds is 6. The number of amides is 2. The SMILES string of the molecule is C=CC[C@]1(CO)CCCN(C(=O)CCN2CCCC2=O)C1. The molecule has 0 aliphatic carbocycles. The van der Waals surface area contributed by atoms with E-state index in [0.717, 1.165) is 38.8 Å². The zero-order valence-corrected chi connectivity index (χ0v) is 12.7. The molecule has 1 N–H and O–H groups in total. The van der Waals surface area contributed by atoms with Gasteiger partial charge in [0.15, 0.2) is 0 Å². The average Bonchev–Trinajstić information content (AvgIpc) is 2.90. The van der Waals surface area contributed by atoms with Gasteiger partial charge in [0.1, 0.15) is 0 Å². The van der Waals surface area contributed by atoms with E-state index in [0.29, 0.717) is 25.9 Å². The van der Waals surface area contributed by atoms with Gasteiger partial charge in [-0.2, -0.15) is 0 Å². The number of aliphatic hydroxyl groups is 1. The first-order valence-electron chi connectivity index (χ1n) is 7.87. The summed E-state index contributed by atoms with van der Waals surface area (Å²) in [6, 6.07) is 0. The smallest absolute Gasteiger partial charge is 0.224 e. The number of carbonyl (C=O) groups is 2. The van der Waals surface area contributed by atoms with Crippen LogP contribution < -0.4 is 0 Å². The van der Waals surface area contributed by atoms with Crippen LogP contribution in [0.4, 0.5) is 0 Å². The minimum Gasteiger partial charge on any atom is -0.396 e. The van der Waals surface area contributed by atoms with Crippen LogP contribution in [0.3, 0.4) is 0 Å². The van der Waals surface area contributed by atoms with Crippen LogP contribution in [0.25, 0.3) is 0 Å². The molecule has 2 rings (SSSR count). The lowest BCUT2D eigenvalue weighted by Gasteiger charge is -2.41. The van der Waals surface area contributed by atoms with Crippen molar-refractivity contribution in [2.24, 2.45) is 5.41 Å². The highest BCUT2D eigenvalue weighted by Gasteiger charge is 2.35. The number of allylic oxidation sites excluding steroid dienone is 1. The van der Waals surface area contributed by atoms with Crippen molar-refractivity contribution in [1.29, 1.82) is 0 Å². The van der Waals surface area contributed by atoms with Gasteiger partial charge in [-0.15, -0.1) is 6.58 Å². The van der Waals surface area contributed by atoms with E-state index in [1.807, 2.05) is 11.0 Å². The summed E-state index contributed by atoms with van der Waals surface area (Å²) >= 11 is 0. The molecule has 0 radical (unpaired) electrons. The summed E-state index contributed by atoms with van der Waals surface area (Å²) < 4.78 is 0. The lowest BCUT2D eigenvalue weighted by Crippen LogP contribution is -2.48. The average molecular weight is 294 g/mol. The van der Waals surface area contributed by atoms with Crippen LogP contribution in [0.5, 0.6) is 0 Å². The molecule has 21 heavy (non-hydrogen) atoms. The summed E-state index contributed by atoms with van der Waals surface area (Å²) in [6.07, 6.45) is 6.33. The Morgan fingerprint density at radius 2 is 2.19 bits per heavy atom. The quantitative estimate of drug-likeness (QED) is 0.748. The minimum atomic E-state index is -0.223. The Balaban J connectivity index is 1.86. The third kappa shape index (κ3) is 3.84. The molecule has 0 aromatic carbocycles. The number of hydrogen-bond acceptors (Lipinski definition) is 3. The zero-order chi connectivity index (χ0) is 15.3. The zero-order valence-electron chi connectivity index (χ0n) is 12.7. The number of hydrogen-bond donors (Lipinski definition) is 1. The second-order valence-corrected chi connectivity index (χ2v) is 6.30. The van der Waals surface area contributed by atoms with Crippen molar-refractivity contribution >= 4 is 11.8 Å². The molecular formula is C16H26N2O3. The minimum absolute atomic E-state index is 0.0907. The molecule has 5 heteroatoms. The van der Waals surface area contributed by atoms with E-state index in [-0.39, 0.29) is 23.8 Å². The Kier molecular flexibility index (Phi) is 5.39. The van der Waals surface area contributed by atoms with E-state index in [4.69, 9.17) is 0 Å². The van der Waals surface area contributed by atoms with Crippen molar-refractivity contribution in [2.45, 2.75) is 38.5 Å². The van der Waals surface area contributed by atoms with Gasteiger partial charge in [-0.1, -0.05) is 6.08 Å². The van der Waals surface area contributed by atoms with Gasteiger partial charge in [0.25, 0.3) is 0 Å². The van der Waals surface area contributed by atoms with Crippen LogP contribution in [0.1, 0.15) is 38.5 Å². The predicted octanol–water partition coefficient (Wildman–Crippen LogP) is 1.18. The fourth-order valence-corrected chi connectivity index (χ4v) is 3.42. The molecule has 2 aliphatic rings. The number of likely N-dealkylation sites (tertiary alicyclic amines) is 2. The van der Waals surface area contributed by atoms with Crippen LogP contribution in [-0.4, -0.2) is 59.5 Å². The van der Waals surface area contributed by atoms with E-state index >= 15 is 0 Å². The molecular weight excluding hydrogens is 268 g/mol. The van der Waals surface area contributed by atoms with E-state index in [1.165, 1.54) is 0 Å². The van der Waals surface area contributed by atoms with Crippen LogP contribution >= 0.6 is 0 Å². The third-order valence-corrected chi connectivity index (χ3v) is 4.69. The third-order valence-electron chi connectivity index (χ3n) is 4.69. The molecule has 2 saturated heterocycles. The van der Waals surface area contributed by atoms with E-state index in [1.54, 1.807) is 4.90 Å². The molecule has 0 unspecified atom stereocenters. The molecule has 118 valence electrons. The summed E-state index contributed by atoms with van der Waals surface area (Å²) in [7, 11) is 0. The van der Waals surface area contributed by atoms with Crippen molar-refractivity contribution < 1.29 is 14.7 Å². The summed E-state index contributed by atoms with van der Waals surface area (Å²) in [5, 5.41) is 9.67. The molecule has 2 amide bonds. The van der Waals surface area contributed by atoms with Gasteiger partial charge in [0.2, 0.25) is 11.8 Å². The van der Waals surface area contributed by atoms with Gasteiger partial charge >= 0.3 is 0 Å². The molecule has 5 nitrogen and oxygen atoms in total. The van der Waals surface area contributed by atoms with Crippen LogP contribution in [0.15, 0.2) is 12.7 Å². The lowest BCUT2D eigenvalue weighted by atomic mass is 9.78. The number of piperidine rings is 1. The monoisotopic (exact) mass is 294 g/mol. The molecule has 0 saturated carbocycles. The Morgan fingerprint density at radius 1 is 1.38 bits per heavy atom. The maximum absolute atomic E-state index is 12.3. The summed E-state index contributed by atoms with van der Waals surface area (Å²) in [5.41, 5.74) is -0.223. The van der Waals surface area contributed by atoms with Crippen molar-refractivity contribution in [3.8, 4) is 0 Å². The highest BCUT2D eigenvalue weighted by Crippen LogP contribution is 2.33. The Labute approximate surface area is 126 Å². The fraction of sp³-hybridized carbons (Fsp3) is 0.750. The maximum Gasteiger partial charge on any atom is 0.224 e. The van der Waals surface area contributed by atoms with Crippen molar-refractivity contribution in [2.75, 3.05) is 32.8 Å². The first kappa shape index (κ1) is 16.0. The topological polar surface area (TPSA) is 60.9 Å². The molecule has 0 bridgehead atoms. The molecule has 2 fully saturated rings. The molecule has 0 aromatic heterocycles. The van der Waals surface area contributed by atoms with Gasteiger partial charge in [-0.05, 0) is 25.7 Å². The molecule has 2 aliphatic heterocycles. The predicted molar refractivity (Wildman–Crippen MR) is 80.6 cm³/mol. The van der Waals surface area contributed by atoms with Crippen LogP contribution in [0.2, 0.25) is 0 Å². The maximum atomic E-state index is 12.3. The number of aliphatic hydroxyl groups excluding tert-OH is 1. The Bertz CT molecular complexity index is 410. The largest absolute Gasteiger partial charge is 0.396 e. The van der Waals surface area contributed by atoms with Crippen LogP contribution in [0, 0.1) is 5.41 Å². The number of carbonyl (C=O) groups excluding carboxylic acids is 2. The first-order valence-corrected chi connectivity index (χ1v) is 7.87. The molecule has 1 atom stereocenters. The second-order valence-electron chi connectivity index (χ2n) is 6.30. The highest BCUT2D eigenvalue weighted by atomic mass is 16.3. The van der Waals surface area contributed by atoms with Gasteiger partial charge in [-0.25, -0.2) is 0 Å². The second kappa shape index (κ2) is 7.07. The van der Waals surface area contributed by atoms with Gasteiger partial charge < -0.3 is 14.9 Å². The summed E-state index contributed by atoms with van der Waals surface area (Å²) in [6.45, 7) is 6.51. The van der Waals surface area contributed by atoms with Gasteiger partial charge in [0.05, 0.1) is 6.61 Å². The summed E-state index contributed by atoms with van der Waals surface area (Å²) in [4.78, 5) is 27.5. The number of nitrogens with zero attached hydrogens (tertiary/aromatic N) is 2. The molecule has 0 spiro atoms. The van der Waals surface area contributed by atoms with E-state index < -0.39 is 0 Å². The molecule has 2 heterocycles.